The third-order valence-electron chi connectivity index (χ3n) is 5.06. The minimum atomic E-state index is 0. The number of hydrogen-bond donors (Lipinski definition) is 2. The number of benzene rings is 1. The highest BCUT2D eigenvalue weighted by Gasteiger charge is 2.20. The van der Waals surface area contributed by atoms with Crippen LogP contribution in [0.25, 0.3) is 0 Å². The van der Waals surface area contributed by atoms with Crippen LogP contribution in [0.4, 0.5) is 5.82 Å². The molecule has 0 bridgehead atoms. The molecule has 0 aliphatic carbocycles. The minimum Gasteiger partial charge on any atom is -0.497 e. The summed E-state index contributed by atoms with van der Waals surface area (Å²) in [5.74, 6) is 2.70. The van der Waals surface area contributed by atoms with Crippen LogP contribution in [0.15, 0.2) is 47.6 Å². The van der Waals surface area contributed by atoms with Crippen molar-refractivity contribution < 1.29 is 4.74 Å². The van der Waals surface area contributed by atoms with Crippen LogP contribution in [0.3, 0.4) is 0 Å². The van der Waals surface area contributed by atoms with Gasteiger partial charge in [-0.15, -0.1) is 24.0 Å². The lowest BCUT2D eigenvalue weighted by Gasteiger charge is -2.33. The molecule has 164 valence electrons. The molecule has 2 heterocycles. The number of aromatic nitrogens is 1. The molecule has 1 aliphatic rings. The number of guanidine groups is 1. The number of methoxy groups -OCH3 is 1. The van der Waals surface area contributed by atoms with Crippen molar-refractivity contribution in [2.45, 2.75) is 32.2 Å². The van der Waals surface area contributed by atoms with Crippen LogP contribution >= 0.6 is 35.6 Å². The summed E-state index contributed by atoms with van der Waals surface area (Å²) in [7, 11) is 1.64. The van der Waals surface area contributed by atoms with Crippen molar-refractivity contribution in [3.63, 3.8) is 0 Å². The Labute approximate surface area is 201 Å². The Bertz CT molecular complexity index is 797. The van der Waals surface area contributed by atoms with Gasteiger partial charge in [0, 0.05) is 43.4 Å². The van der Waals surface area contributed by atoms with Gasteiger partial charge in [0.25, 0.3) is 0 Å². The van der Waals surface area contributed by atoms with Crippen LogP contribution in [0.2, 0.25) is 5.02 Å². The molecule has 2 aromatic rings. The number of nitrogens with zero attached hydrogens (tertiary/aromatic N) is 3. The Morgan fingerprint density at radius 1 is 1.27 bits per heavy atom. The van der Waals surface area contributed by atoms with E-state index in [-0.39, 0.29) is 24.0 Å². The molecule has 0 amide bonds. The van der Waals surface area contributed by atoms with Gasteiger partial charge in [0.05, 0.1) is 7.11 Å². The number of nitrogens with one attached hydrogen (secondary N) is 2. The third-order valence-corrected chi connectivity index (χ3v) is 5.42. The van der Waals surface area contributed by atoms with Crippen molar-refractivity contribution in [2.75, 3.05) is 38.2 Å². The largest absolute Gasteiger partial charge is 0.497 e. The fourth-order valence-electron chi connectivity index (χ4n) is 3.45. The van der Waals surface area contributed by atoms with Crippen LogP contribution < -0.4 is 20.3 Å². The number of piperidine rings is 1. The molecule has 1 aromatic heterocycles. The van der Waals surface area contributed by atoms with E-state index in [1.54, 1.807) is 7.11 Å². The van der Waals surface area contributed by atoms with Gasteiger partial charge in [0.2, 0.25) is 0 Å². The number of rotatable bonds is 7. The molecule has 1 aliphatic heterocycles. The summed E-state index contributed by atoms with van der Waals surface area (Å²) in [6.45, 7) is 5.59. The van der Waals surface area contributed by atoms with Crippen molar-refractivity contribution in [1.82, 2.24) is 15.6 Å². The Morgan fingerprint density at radius 3 is 2.70 bits per heavy atom. The monoisotopic (exact) mass is 543 g/mol. The molecule has 0 saturated carbocycles. The summed E-state index contributed by atoms with van der Waals surface area (Å²) in [6, 6.07) is 12.3. The van der Waals surface area contributed by atoms with E-state index in [9.17, 15) is 0 Å². The lowest BCUT2D eigenvalue weighted by atomic mass is 10.1. The van der Waals surface area contributed by atoms with Crippen molar-refractivity contribution in [1.29, 1.82) is 0 Å². The van der Waals surface area contributed by atoms with E-state index in [0.717, 1.165) is 67.0 Å². The highest BCUT2D eigenvalue weighted by Crippen LogP contribution is 2.22. The maximum Gasteiger partial charge on any atom is 0.191 e. The Hall–Kier alpha value is -1.74. The molecule has 8 heteroatoms. The van der Waals surface area contributed by atoms with Crippen LogP contribution in [0, 0.1) is 0 Å². The van der Waals surface area contributed by atoms with Gasteiger partial charge in [-0.2, -0.15) is 0 Å². The summed E-state index contributed by atoms with van der Waals surface area (Å²) in [5.41, 5.74) is 1.08. The van der Waals surface area contributed by atoms with Gasteiger partial charge in [0.1, 0.15) is 11.6 Å². The molecule has 1 saturated heterocycles. The quantitative estimate of drug-likeness (QED) is 0.312. The van der Waals surface area contributed by atoms with Crippen LogP contribution in [0.5, 0.6) is 5.75 Å². The van der Waals surface area contributed by atoms with E-state index in [2.05, 4.69) is 33.5 Å². The highest BCUT2D eigenvalue weighted by atomic mass is 127. The topological polar surface area (TPSA) is 61.8 Å². The molecule has 0 atom stereocenters. The van der Waals surface area contributed by atoms with Gasteiger partial charge in [0.15, 0.2) is 5.96 Å². The van der Waals surface area contributed by atoms with Gasteiger partial charge in [-0.3, -0.25) is 4.99 Å². The number of pyridine rings is 1. The average Bonchev–Trinajstić information content (AvgIpc) is 2.76. The smallest absolute Gasteiger partial charge is 0.191 e. The number of ether oxygens (including phenoxy) is 1. The van der Waals surface area contributed by atoms with Gasteiger partial charge in [-0.1, -0.05) is 23.7 Å². The van der Waals surface area contributed by atoms with Gasteiger partial charge < -0.3 is 20.3 Å². The molecule has 0 spiro atoms. The first-order valence-electron chi connectivity index (χ1n) is 10.2. The fourth-order valence-corrected chi connectivity index (χ4v) is 3.72. The molecule has 6 nitrogen and oxygen atoms in total. The lowest BCUT2D eigenvalue weighted by molar-refractivity contribution is 0.414. The van der Waals surface area contributed by atoms with Gasteiger partial charge in [-0.05, 0) is 56.0 Å². The van der Waals surface area contributed by atoms with E-state index in [1.807, 2.05) is 36.5 Å². The second kappa shape index (κ2) is 12.8. The van der Waals surface area contributed by atoms with E-state index in [0.29, 0.717) is 12.6 Å². The summed E-state index contributed by atoms with van der Waals surface area (Å²) in [4.78, 5) is 11.5. The molecule has 3 rings (SSSR count). The molecule has 2 N–H and O–H groups in total. The van der Waals surface area contributed by atoms with Gasteiger partial charge >= 0.3 is 0 Å². The summed E-state index contributed by atoms with van der Waals surface area (Å²) < 4.78 is 5.21. The maximum absolute atomic E-state index is 6.33. The number of hydrogen-bond acceptors (Lipinski definition) is 4. The molecular formula is C22H31ClIN5O. The molecule has 1 aromatic carbocycles. The van der Waals surface area contributed by atoms with E-state index in [1.165, 1.54) is 0 Å². The van der Waals surface area contributed by atoms with Crippen molar-refractivity contribution in [3.05, 3.63) is 53.2 Å². The van der Waals surface area contributed by atoms with Crippen LogP contribution in [0.1, 0.15) is 25.3 Å². The maximum atomic E-state index is 6.33. The van der Waals surface area contributed by atoms with E-state index >= 15 is 0 Å². The lowest BCUT2D eigenvalue weighted by Crippen LogP contribution is -2.49. The van der Waals surface area contributed by atoms with Crippen LogP contribution in [-0.2, 0) is 6.42 Å². The Kier molecular flexibility index (Phi) is 10.5. The zero-order valence-electron chi connectivity index (χ0n) is 17.6. The predicted molar refractivity (Wildman–Crippen MR) is 136 cm³/mol. The first kappa shape index (κ1) is 24.5. The first-order chi connectivity index (χ1) is 14.2. The molecule has 1 fully saturated rings. The summed E-state index contributed by atoms with van der Waals surface area (Å²) >= 11 is 6.33. The van der Waals surface area contributed by atoms with E-state index < -0.39 is 0 Å². The fraction of sp³-hybridized carbons (Fsp3) is 0.455. The van der Waals surface area contributed by atoms with Crippen molar-refractivity contribution in [3.8, 4) is 5.75 Å². The first-order valence-corrected chi connectivity index (χ1v) is 10.6. The standard InChI is InChI=1S/C22H30ClN5O.HI/c1-3-24-22(26-13-9-17-7-8-19(29-2)16-20(17)23)27-18-10-14-28(15-11-18)21-6-4-5-12-25-21;/h4-8,12,16,18H,3,9-11,13-15H2,1-2H3,(H2,24,26,27);1H. The predicted octanol–water partition coefficient (Wildman–Crippen LogP) is 4.13. The number of halogens is 2. The number of aliphatic imine (C=N–C) groups is 1. The summed E-state index contributed by atoms with van der Waals surface area (Å²) in [6.07, 6.45) is 4.76. The van der Waals surface area contributed by atoms with Crippen molar-refractivity contribution in [2.24, 2.45) is 4.99 Å². The van der Waals surface area contributed by atoms with Crippen molar-refractivity contribution >= 4 is 47.4 Å². The minimum absolute atomic E-state index is 0. The molecule has 0 radical (unpaired) electrons. The molecule has 30 heavy (non-hydrogen) atoms. The second-order valence-electron chi connectivity index (χ2n) is 7.06. The highest BCUT2D eigenvalue weighted by molar-refractivity contribution is 14.0. The summed E-state index contributed by atoms with van der Waals surface area (Å²) in [5, 5.41) is 7.66. The second-order valence-corrected chi connectivity index (χ2v) is 7.47. The zero-order chi connectivity index (χ0) is 20.5. The van der Waals surface area contributed by atoms with E-state index in [4.69, 9.17) is 21.3 Å². The zero-order valence-corrected chi connectivity index (χ0v) is 20.7. The molecule has 0 unspecified atom stereocenters. The van der Waals surface area contributed by atoms with Gasteiger partial charge in [-0.25, -0.2) is 4.98 Å². The Balaban J connectivity index is 0.00000320. The number of anilines is 1. The van der Waals surface area contributed by atoms with Crippen LogP contribution in [-0.4, -0.2) is 50.3 Å². The third kappa shape index (κ3) is 7.19. The SMILES string of the molecule is CCNC(=NCCc1ccc(OC)cc1Cl)NC1CCN(c2ccccn2)CC1.I. The molecular weight excluding hydrogens is 513 g/mol. The normalized spacial score (nSPS) is 14.8. The Morgan fingerprint density at radius 2 is 2.07 bits per heavy atom. The average molecular weight is 544 g/mol.